The van der Waals surface area contributed by atoms with Gasteiger partial charge in [0.1, 0.15) is 5.76 Å². The minimum absolute atomic E-state index is 0.188. The van der Waals surface area contributed by atoms with Gasteiger partial charge in [-0.15, -0.1) is 11.8 Å². The van der Waals surface area contributed by atoms with Gasteiger partial charge in [-0.2, -0.15) is 0 Å². The van der Waals surface area contributed by atoms with Crippen molar-refractivity contribution in [2.45, 2.75) is 11.8 Å². The van der Waals surface area contributed by atoms with Gasteiger partial charge in [-0.3, -0.25) is 4.79 Å². The van der Waals surface area contributed by atoms with Crippen LogP contribution >= 0.6 is 11.8 Å². The number of nitrogens with two attached hydrogens (primary N) is 1. The lowest BCUT2D eigenvalue weighted by atomic mass is 10.2. The Labute approximate surface area is 104 Å². The van der Waals surface area contributed by atoms with Crippen LogP contribution in [0.5, 0.6) is 0 Å². The molecule has 0 aliphatic rings. The van der Waals surface area contributed by atoms with E-state index in [1.165, 1.54) is 4.90 Å². The number of benzene rings is 1. The van der Waals surface area contributed by atoms with E-state index in [4.69, 9.17) is 10.2 Å². The molecule has 2 aromatic rings. The van der Waals surface area contributed by atoms with E-state index in [-0.39, 0.29) is 5.76 Å². The highest BCUT2D eigenvalue weighted by molar-refractivity contribution is 7.99. The second-order valence-electron chi connectivity index (χ2n) is 3.49. The molecule has 1 aromatic carbocycles. The number of carbonyl (C=O) groups is 1. The molecule has 1 amide bonds. The first-order valence-electron chi connectivity index (χ1n) is 5.33. The number of hydrogen-bond donors (Lipinski definition) is 1. The Balaban J connectivity index is 2.31. The monoisotopic (exact) mass is 247 g/mol. The maximum absolute atomic E-state index is 10.9. The van der Waals surface area contributed by atoms with Crippen molar-refractivity contribution in [1.82, 2.24) is 0 Å². The normalized spacial score (nSPS) is 10.4. The number of hydrogen-bond acceptors (Lipinski definition) is 3. The van der Waals surface area contributed by atoms with E-state index < -0.39 is 5.91 Å². The van der Waals surface area contributed by atoms with Gasteiger partial charge in [0.05, 0.1) is 0 Å². The Morgan fingerprint density at radius 2 is 2.18 bits per heavy atom. The molecule has 88 valence electrons. The third kappa shape index (κ3) is 2.71. The molecular formula is C13H13NO2S. The molecule has 0 fully saturated rings. The average molecular weight is 247 g/mol. The molecule has 0 spiro atoms. The van der Waals surface area contributed by atoms with Gasteiger partial charge in [0.15, 0.2) is 5.76 Å². The number of carbonyl (C=O) groups excluding carboxylic acids is 1. The van der Waals surface area contributed by atoms with Crippen molar-refractivity contribution >= 4 is 17.7 Å². The summed E-state index contributed by atoms with van der Waals surface area (Å²) in [6, 6.07) is 11.4. The minimum atomic E-state index is -0.546. The molecule has 0 unspecified atom stereocenters. The zero-order chi connectivity index (χ0) is 12.3. The van der Waals surface area contributed by atoms with Crippen LogP contribution in [-0.2, 0) is 0 Å². The fourth-order valence-electron chi connectivity index (χ4n) is 1.53. The van der Waals surface area contributed by atoms with Gasteiger partial charge in [0.25, 0.3) is 5.91 Å². The quantitative estimate of drug-likeness (QED) is 0.844. The summed E-state index contributed by atoms with van der Waals surface area (Å²) in [5, 5.41) is 0. The summed E-state index contributed by atoms with van der Waals surface area (Å²) in [5.74, 6) is 1.33. The fourth-order valence-corrected chi connectivity index (χ4v) is 2.25. The number of amides is 1. The van der Waals surface area contributed by atoms with Crippen molar-refractivity contribution in [2.75, 3.05) is 5.75 Å². The fraction of sp³-hybridized carbons (Fsp3) is 0.154. The Morgan fingerprint density at radius 1 is 1.35 bits per heavy atom. The predicted octanol–water partition coefficient (Wildman–Crippen LogP) is 3.16. The lowest BCUT2D eigenvalue weighted by molar-refractivity contribution is 0.0974. The Bertz CT molecular complexity index is 534. The molecule has 4 heteroatoms. The maximum atomic E-state index is 10.9. The molecular weight excluding hydrogens is 234 g/mol. The van der Waals surface area contributed by atoms with Crippen LogP contribution in [0.15, 0.2) is 45.7 Å². The molecule has 0 radical (unpaired) electrons. The summed E-state index contributed by atoms with van der Waals surface area (Å²) in [4.78, 5) is 12.1. The lowest BCUT2D eigenvalue weighted by Crippen LogP contribution is -2.09. The summed E-state index contributed by atoms with van der Waals surface area (Å²) < 4.78 is 5.38. The second-order valence-corrected chi connectivity index (χ2v) is 4.83. The number of primary amides is 1. The summed E-state index contributed by atoms with van der Waals surface area (Å²) in [6.07, 6.45) is 0. The first-order valence-corrected chi connectivity index (χ1v) is 6.32. The van der Waals surface area contributed by atoms with Crippen LogP contribution in [0.1, 0.15) is 17.5 Å². The number of rotatable bonds is 4. The molecule has 2 rings (SSSR count). The van der Waals surface area contributed by atoms with Crippen molar-refractivity contribution in [3.8, 4) is 11.3 Å². The maximum Gasteiger partial charge on any atom is 0.284 e. The van der Waals surface area contributed by atoms with Gasteiger partial charge in [-0.25, -0.2) is 0 Å². The molecule has 0 saturated carbocycles. The molecule has 0 bridgehead atoms. The van der Waals surface area contributed by atoms with Crippen molar-refractivity contribution in [3.05, 3.63) is 42.2 Å². The molecule has 0 saturated heterocycles. The van der Waals surface area contributed by atoms with Crippen LogP contribution in [0, 0.1) is 0 Å². The summed E-state index contributed by atoms with van der Waals surface area (Å²) in [7, 11) is 0. The molecule has 0 aliphatic heterocycles. The smallest absolute Gasteiger partial charge is 0.284 e. The molecule has 1 heterocycles. The zero-order valence-electron chi connectivity index (χ0n) is 9.47. The van der Waals surface area contributed by atoms with Crippen LogP contribution in [0.25, 0.3) is 11.3 Å². The zero-order valence-corrected chi connectivity index (χ0v) is 10.3. The van der Waals surface area contributed by atoms with Crippen LogP contribution in [0.4, 0.5) is 0 Å². The van der Waals surface area contributed by atoms with Gasteiger partial charge < -0.3 is 10.2 Å². The second kappa shape index (κ2) is 5.10. The topological polar surface area (TPSA) is 56.2 Å². The first kappa shape index (κ1) is 11.8. The van der Waals surface area contributed by atoms with Crippen LogP contribution in [-0.4, -0.2) is 11.7 Å². The van der Waals surface area contributed by atoms with Crippen molar-refractivity contribution in [2.24, 2.45) is 5.73 Å². The number of thioether (sulfide) groups is 1. The highest BCUT2D eigenvalue weighted by atomic mass is 32.2. The lowest BCUT2D eigenvalue weighted by Gasteiger charge is -2.01. The van der Waals surface area contributed by atoms with Gasteiger partial charge in [0, 0.05) is 10.5 Å². The van der Waals surface area contributed by atoms with Gasteiger partial charge in [-0.1, -0.05) is 19.1 Å². The van der Waals surface area contributed by atoms with Crippen LogP contribution in [0.3, 0.4) is 0 Å². The van der Waals surface area contributed by atoms with Crippen LogP contribution in [0.2, 0.25) is 0 Å². The Morgan fingerprint density at radius 3 is 2.82 bits per heavy atom. The number of furan rings is 1. The van der Waals surface area contributed by atoms with Crippen molar-refractivity contribution in [3.63, 3.8) is 0 Å². The third-order valence-electron chi connectivity index (χ3n) is 2.28. The van der Waals surface area contributed by atoms with E-state index in [1.807, 2.05) is 18.2 Å². The van der Waals surface area contributed by atoms with E-state index in [2.05, 4.69) is 13.0 Å². The molecule has 0 aliphatic carbocycles. The molecule has 3 nitrogen and oxygen atoms in total. The van der Waals surface area contributed by atoms with Crippen LogP contribution < -0.4 is 5.73 Å². The van der Waals surface area contributed by atoms with Crippen molar-refractivity contribution < 1.29 is 9.21 Å². The van der Waals surface area contributed by atoms with E-state index in [9.17, 15) is 4.79 Å². The highest BCUT2D eigenvalue weighted by Crippen LogP contribution is 2.26. The summed E-state index contributed by atoms with van der Waals surface area (Å²) in [6.45, 7) is 2.11. The predicted molar refractivity (Wildman–Crippen MR) is 69.1 cm³/mol. The largest absolute Gasteiger partial charge is 0.451 e. The average Bonchev–Trinajstić information content (AvgIpc) is 2.79. The summed E-state index contributed by atoms with van der Waals surface area (Å²) in [5.41, 5.74) is 6.10. The van der Waals surface area contributed by atoms with E-state index in [0.29, 0.717) is 5.76 Å². The standard InChI is InChI=1S/C13H13NO2S/c1-2-17-10-5-3-4-9(8-10)11-6-7-12(16-11)13(14)15/h3-8H,2H2,1H3,(H2,14,15). The molecule has 1 aromatic heterocycles. The van der Waals surface area contributed by atoms with E-state index in [1.54, 1.807) is 23.9 Å². The first-order chi connectivity index (χ1) is 8.20. The van der Waals surface area contributed by atoms with Gasteiger partial charge in [-0.05, 0) is 30.0 Å². The highest BCUT2D eigenvalue weighted by Gasteiger charge is 2.08. The Kier molecular flexibility index (Phi) is 3.54. The van der Waals surface area contributed by atoms with Gasteiger partial charge >= 0.3 is 0 Å². The van der Waals surface area contributed by atoms with Crippen molar-refractivity contribution in [1.29, 1.82) is 0 Å². The SMILES string of the molecule is CCSc1cccc(-c2ccc(C(N)=O)o2)c1. The molecule has 0 atom stereocenters. The van der Waals surface area contributed by atoms with E-state index >= 15 is 0 Å². The Hall–Kier alpha value is -1.68. The molecule has 2 N–H and O–H groups in total. The third-order valence-corrected chi connectivity index (χ3v) is 3.15. The minimum Gasteiger partial charge on any atom is -0.451 e. The van der Waals surface area contributed by atoms with E-state index in [0.717, 1.165) is 11.3 Å². The molecule has 17 heavy (non-hydrogen) atoms. The summed E-state index contributed by atoms with van der Waals surface area (Å²) >= 11 is 1.76. The van der Waals surface area contributed by atoms with Gasteiger partial charge in [0.2, 0.25) is 0 Å².